The highest BCUT2D eigenvalue weighted by Crippen LogP contribution is 2.40. The molecule has 0 aromatic rings. The Labute approximate surface area is 160 Å². The van der Waals surface area contributed by atoms with Crippen LogP contribution in [0.15, 0.2) is 0 Å². The second kappa shape index (κ2) is 6.96. The van der Waals surface area contributed by atoms with Gasteiger partial charge in [-0.2, -0.15) is 5.43 Å². The summed E-state index contributed by atoms with van der Waals surface area (Å²) in [4.78, 5) is 42.3. The zero-order chi connectivity index (χ0) is 19.3. The highest BCUT2D eigenvalue weighted by atomic mass is 16.2. The van der Waals surface area contributed by atoms with Gasteiger partial charge in [0.05, 0.1) is 5.92 Å². The van der Waals surface area contributed by atoms with Crippen molar-refractivity contribution in [1.29, 1.82) is 0 Å². The second-order valence-electron chi connectivity index (χ2n) is 8.76. The minimum Gasteiger partial charge on any atom is -0.353 e. The van der Waals surface area contributed by atoms with Crippen molar-refractivity contribution in [2.75, 3.05) is 7.05 Å². The van der Waals surface area contributed by atoms with Crippen molar-refractivity contribution >= 4 is 17.8 Å². The number of nitrogens with zero attached hydrogens (tertiary/aromatic N) is 3. The number of nitrogens with one attached hydrogen (secondary N) is 2. The van der Waals surface area contributed by atoms with Gasteiger partial charge in [-0.1, -0.05) is 12.8 Å². The van der Waals surface area contributed by atoms with E-state index >= 15 is 0 Å². The Kier molecular flexibility index (Phi) is 4.78. The second-order valence-corrected chi connectivity index (χ2v) is 8.76. The number of fused-ring (bicyclic) bond motifs is 3. The van der Waals surface area contributed by atoms with Crippen molar-refractivity contribution in [2.24, 2.45) is 11.8 Å². The van der Waals surface area contributed by atoms with Crippen molar-refractivity contribution in [1.82, 2.24) is 25.6 Å². The molecule has 4 aliphatic rings. The molecule has 4 amide bonds. The van der Waals surface area contributed by atoms with E-state index in [1.54, 1.807) is 16.8 Å². The number of carbonyl (C=O) groups excluding carboxylic acids is 3. The fourth-order valence-electron chi connectivity index (χ4n) is 5.31. The van der Waals surface area contributed by atoms with Crippen LogP contribution in [0.1, 0.15) is 58.8 Å². The third-order valence-corrected chi connectivity index (χ3v) is 6.72. The topological polar surface area (TPSA) is 85.0 Å². The lowest BCUT2D eigenvalue weighted by Crippen LogP contribution is -2.68. The Morgan fingerprint density at radius 3 is 2.52 bits per heavy atom. The third kappa shape index (κ3) is 3.07. The van der Waals surface area contributed by atoms with Crippen LogP contribution in [-0.4, -0.2) is 64.1 Å². The number of carbonyl (C=O) groups is 3. The molecule has 4 unspecified atom stereocenters. The van der Waals surface area contributed by atoms with Gasteiger partial charge in [-0.3, -0.25) is 19.5 Å². The van der Waals surface area contributed by atoms with Crippen LogP contribution in [0, 0.1) is 11.8 Å². The first kappa shape index (κ1) is 18.5. The first-order chi connectivity index (χ1) is 12.9. The third-order valence-electron chi connectivity index (χ3n) is 6.72. The molecule has 150 valence electrons. The molecule has 0 spiro atoms. The molecule has 4 atom stereocenters. The Hall–Kier alpha value is -1.83. The summed E-state index contributed by atoms with van der Waals surface area (Å²) in [7, 11) is 1.69. The van der Waals surface area contributed by atoms with Gasteiger partial charge < -0.3 is 10.2 Å². The van der Waals surface area contributed by atoms with E-state index < -0.39 is 6.29 Å². The number of hydrazine groups is 1. The minimum atomic E-state index is -0.451. The molecular formula is C19H31N5O3. The molecule has 0 bridgehead atoms. The van der Waals surface area contributed by atoms with Crippen LogP contribution in [0.2, 0.25) is 0 Å². The fraction of sp³-hybridized carbons (Fsp3) is 0.842. The Morgan fingerprint density at radius 1 is 1.15 bits per heavy atom. The van der Waals surface area contributed by atoms with Crippen LogP contribution in [0.5, 0.6) is 0 Å². The summed E-state index contributed by atoms with van der Waals surface area (Å²) in [6, 6.07) is -0.0321. The van der Waals surface area contributed by atoms with Gasteiger partial charge in [-0.15, -0.1) is 0 Å². The Balaban J connectivity index is 1.53. The Bertz CT molecular complexity index is 633. The molecule has 2 saturated heterocycles. The van der Waals surface area contributed by atoms with Gasteiger partial charge in [-0.25, -0.2) is 4.79 Å². The van der Waals surface area contributed by atoms with Gasteiger partial charge in [0.25, 0.3) is 0 Å². The first-order valence-electron chi connectivity index (χ1n) is 10.3. The standard InChI is InChI=1S/C19H31N5O3/c1-11(2)23-17(26)14-9-8-12(16(25)20-13-6-4-5-7-13)10-15(14)24-18(23)21-22(3)19(24)27/h11-15,18,21H,4-10H2,1-3H3,(H,20,25). The summed E-state index contributed by atoms with van der Waals surface area (Å²) in [5.41, 5.74) is 3.12. The average molecular weight is 377 g/mol. The number of hydrogen-bond acceptors (Lipinski definition) is 4. The number of urea groups is 1. The summed E-state index contributed by atoms with van der Waals surface area (Å²) < 4.78 is 0. The monoisotopic (exact) mass is 377 g/mol. The van der Waals surface area contributed by atoms with E-state index in [1.807, 2.05) is 13.8 Å². The lowest BCUT2D eigenvalue weighted by Gasteiger charge is -2.51. The highest BCUT2D eigenvalue weighted by molar-refractivity contribution is 5.87. The van der Waals surface area contributed by atoms with Crippen LogP contribution in [-0.2, 0) is 9.59 Å². The van der Waals surface area contributed by atoms with E-state index in [0.29, 0.717) is 25.3 Å². The zero-order valence-corrected chi connectivity index (χ0v) is 16.5. The van der Waals surface area contributed by atoms with Crippen molar-refractivity contribution < 1.29 is 14.4 Å². The van der Waals surface area contributed by atoms with Gasteiger partial charge in [0.2, 0.25) is 11.8 Å². The molecule has 0 aromatic carbocycles. The molecule has 2 aliphatic heterocycles. The van der Waals surface area contributed by atoms with Gasteiger partial charge >= 0.3 is 6.03 Å². The molecule has 0 aromatic heterocycles. The minimum absolute atomic E-state index is 0.00105. The van der Waals surface area contributed by atoms with E-state index in [4.69, 9.17) is 0 Å². The maximum Gasteiger partial charge on any atom is 0.337 e. The molecule has 2 N–H and O–H groups in total. The highest BCUT2D eigenvalue weighted by Gasteiger charge is 2.56. The zero-order valence-electron chi connectivity index (χ0n) is 16.5. The molecule has 4 fully saturated rings. The molecule has 4 rings (SSSR count). The predicted molar refractivity (Wildman–Crippen MR) is 98.9 cm³/mol. The lowest BCUT2D eigenvalue weighted by atomic mass is 9.75. The van der Waals surface area contributed by atoms with Crippen LogP contribution in [0.25, 0.3) is 0 Å². The van der Waals surface area contributed by atoms with E-state index in [9.17, 15) is 14.4 Å². The number of hydrogen-bond donors (Lipinski definition) is 2. The first-order valence-corrected chi connectivity index (χ1v) is 10.3. The SMILES string of the molecule is CC(C)N1C(=O)C2CCC(C(=O)NC3CCCC3)CC2N2C(=O)N(C)NC12. The molecule has 27 heavy (non-hydrogen) atoms. The molecule has 2 aliphatic carbocycles. The van der Waals surface area contributed by atoms with Crippen LogP contribution < -0.4 is 10.7 Å². The molecule has 8 nitrogen and oxygen atoms in total. The molecule has 8 heteroatoms. The largest absolute Gasteiger partial charge is 0.353 e. The quantitative estimate of drug-likeness (QED) is 0.775. The van der Waals surface area contributed by atoms with Gasteiger partial charge in [0.15, 0.2) is 6.29 Å². The molecule has 2 saturated carbocycles. The van der Waals surface area contributed by atoms with Gasteiger partial charge in [0, 0.05) is 31.1 Å². The maximum atomic E-state index is 13.1. The maximum absolute atomic E-state index is 13.1. The molecular weight excluding hydrogens is 346 g/mol. The van der Waals surface area contributed by atoms with E-state index in [-0.39, 0.29) is 41.8 Å². The fourth-order valence-corrected chi connectivity index (χ4v) is 5.31. The van der Waals surface area contributed by atoms with E-state index in [2.05, 4.69) is 10.7 Å². The number of amides is 4. The van der Waals surface area contributed by atoms with Crippen molar-refractivity contribution in [2.45, 2.75) is 83.2 Å². The van der Waals surface area contributed by atoms with Gasteiger partial charge in [0.1, 0.15) is 0 Å². The van der Waals surface area contributed by atoms with Crippen molar-refractivity contribution in [3.63, 3.8) is 0 Å². The summed E-state index contributed by atoms with van der Waals surface area (Å²) in [5, 5.41) is 4.65. The van der Waals surface area contributed by atoms with Crippen LogP contribution >= 0.6 is 0 Å². The normalized spacial score (nSPS) is 34.3. The molecule has 2 heterocycles. The lowest BCUT2D eigenvalue weighted by molar-refractivity contribution is -0.161. The van der Waals surface area contributed by atoms with Crippen LogP contribution in [0.3, 0.4) is 0 Å². The summed E-state index contributed by atoms with van der Waals surface area (Å²) >= 11 is 0. The Morgan fingerprint density at radius 2 is 1.85 bits per heavy atom. The summed E-state index contributed by atoms with van der Waals surface area (Å²) in [6.07, 6.45) is 5.99. The average Bonchev–Trinajstić information content (AvgIpc) is 3.23. The van der Waals surface area contributed by atoms with Crippen LogP contribution in [0.4, 0.5) is 4.79 Å². The summed E-state index contributed by atoms with van der Waals surface area (Å²) in [5.74, 6) is -0.133. The summed E-state index contributed by atoms with van der Waals surface area (Å²) in [6.45, 7) is 3.95. The molecule has 0 radical (unpaired) electrons. The predicted octanol–water partition coefficient (Wildman–Crippen LogP) is 1.24. The van der Waals surface area contributed by atoms with E-state index in [0.717, 1.165) is 12.8 Å². The smallest absolute Gasteiger partial charge is 0.337 e. The number of rotatable bonds is 3. The van der Waals surface area contributed by atoms with Gasteiger partial charge in [-0.05, 0) is 46.0 Å². The van der Waals surface area contributed by atoms with Crippen molar-refractivity contribution in [3.05, 3.63) is 0 Å². The van der Waals surface area contributed by atoms with E-state index in [1.165, 1.54) is 17.9 Å². The van der Waals surface area contributed by atoms with Crippen molar-refractivity contribution in [3.8, 4) is 0 Å².